The van der Waals surface area contributed by atoms with E-state index in [1.807, 2.05) is 44.2 Å². The highest BCUT2D eigenvalue weighted by atomic mass is 16.5. The maximum atomic E-state index is 12.3. The predicted molar refractivity (Wildman–Crippen MR) is 123 cm³/mol. The normalized spacial score (nSPS) is 18.4. The van der Waals surface area contributed by atoms with Crippen molar-refractivity contribution in [1.29, 1.82) is 0 Å². The van der Waals surface area contributed by atoms with Crippen LogP contribution in [0.3, 0.4) is 0 Å². The summed E-state index contributed by atoms with van der Waals surface area (Å²) in [5.74, 6) is 1.63. The Bertz CT molecular complexity index is 1050. The highest BCUT2D eigenvalue weighted by Gasteiger charge is 2.23. The molecule has 0 radical (unpaired) electrons. The minimum Gasteiger partial charge on any atom is -0.372 e. The smallest absolute Gasteiger partial charge is 0.319 e. The average Bonchev–Trinajstić information content (AvgIpc) is 3.10. The van der Waals surface area contributed by atoms with Gasteiger partial charge in [-0.1, -0.05) is 6.07 Å². The molecule has 0 aromatic carbocycles. The van der Waals surface area contributed by atoms with E-state index in [4.69, 9.17) is 4.74 Å². The predicted octanol–water partition coefficient (Wildman–Crippen LogP) is 3.21. The second-order valence-corrected chi connectivity index (χ2v) is 8.24. The number of anilines is 2. The van der Waals surface area contributed by atoms with Gasteiger partial charge in [0.2, 0.25) is 0 Å². The summed E-state index contributed by atoms with van der Waals surface area (Å²) in [7, 11) is 0. The van der Waals surface area contributed by atoms with E-state index < -0.39 is 0 Å². The van der Waals surface area contributed by atoms with Gasteiger partial charge in [-0.05, 0) is 57.5 Å². The van der Waals surface area contributed by atoms with Gasteiger partial charge >= 0.3 is 6.03 Å². The fourth-order valence-corrected chi connectivity index (χ4v) is 3.88. The Labute approximate surface area is 187 Å². The molecule has 1 saturated heterocycles. The quantitative estimate of drug-likeness (QED) is 0.639. The van der Waals surface area contributed by atoms with Crippen LogP contribution in [0.4, 0.5) is 16.3 Å². The van der Waals surface area contributed by atoms with E-state index >= 15 is 0 Å². The van der Waals surface area contributed by atoms with Gasteiger partial charge in [-0.3, -0.25) is 0 Å². The monoisotopic (exact) mass is 435 g/mol. The summed E-state index contributed by atoms with van der Waals surface area (Å²) >= 11 is 0. The average molecular weight is 436 g/mol. The Morgan fingerprint density at radius 1 is 1.06 bits per heavy atom. The van der Waals surface area contributed by atoms with Crippen molar-refractivity contribution >= 4 is 17.5 Å². The molecule has 0 bridgehead atoms. The van der Waals surface area contributed by atoms with Crippen LogP contribution in [0.15, 0.2) is 42.7 Å². The first-order valence-electron chi connectivity index (χ1n) is 10.8. The van der Waals surface area contributed by atoms with Crippen molar-refractivity contribution in [1.82, 2.24) is 25.1 Å². The highest BCUT2D eigenvalue weighted by Crippen LogP contribution is 2.19. The van der Waals surface area contributed by atoms with Crippen LogP contribution in [0.25, 0.3) is 5.82 Å². The molecular formula is C23H29N7O2. The number of morpholine rings is 1. The van der Waals surface area contributed by atoms with E-state index in [0.29, 0.717) is 12.2 Å². The minimum absolute atomic E-state index is 0.167. The molecule has 4 heterocycles. The molecule has 0 saturated carbocycles. The molecule has 1 fully saturated rings. The van der Waals surface area contributed by atoms with Crippen LogP contribution in [0, 0.1) is 13.8 Å². The Morgan fingerprint density at radius 3 is 2.38 bits per heavy atom. The number of nitrogens with zero attached hydrogens (tertiary/aromatic N) is 5. The molecule has 0 aliphatic carbocycles. The molecule has 9 heteroatoms. The van der Waals surface area contributed by atoms with Crippen molar-refractivity contribution in [2.45, 2.75) is 46.4 Å². The molecule has 0 spiro atoms. The van der Waals surface area contributed by atoms with Crippen LogP contribution in [-0.4, -0.2) is 51.1 Å². The summed E-state index contributed by atoms with van der Waals surface area (Å²) in [6.07, 6.45) is 3.75. The molecule has 3 aromatic rings. The van der Waals surface area contributed by atoms with Crippen LogP contribution in [0.1, 0.15) is 30.8 Å². The lowest BCUT2D eigenvalue weighted by atomic mass is 10.2. The van der Waals surface area contributed by atoms with Crippen molar-refractivity contribution in [2.75, 3.05) is 23.3 Å². The number of amides is 2. The number of aromatic nitrogens is 4. The second-order valence-electron chi connectivity index (χ2n) is 8.24. The van der Waals surface area contributed by atoms with Gasteiger partial charge in [-0.2, -0.15) is 5.10 Å². The van der Waals surface area contributed by atoms with Crippen molar-refractivity contribution < 1.29 is 9.53 Å². The summed E-state index contributed by atoms with van der Waals surface area (Å²) in [5.41, 5.74) is 3.51. The zero-order valence-corrected chi connectivity index (χ0v) is 18.9. The molecule has 1 aliphatic rings. The minimum atomic E-state index is -0.296. The summed E-state index contributed by atoms with van der Waals surface area (Å²) in [6, 6.07) is 9.31. The Morgan fingerprint density at radius 2 is 1.78 bits per heavy atom. The zero-order valence-electron chi connectivity index (χ0n) is 18.9. The Kier molecular flexibility index (Phi) is 6.36. The van der Waals surface area contributed by atoms with Crippen LogP contribution in [0.2, 0.25) is 0 Å². The first-order valence-corrected chi connectivity index (χ1v) is 10.8. The topological polar surface area (TPSA) is 97.2 Å². The van der Waals surface area contributed by atoms with Gasteiger partial charge in [0, 0.05) is 31.5 Å². The van der Waals surface area contributed by atoms with Gasteiger partial charge in [-0.25, -0.2) is 19.4 Å². The lowest BCUT2D eigenvalue weighted by molar-refractivity contribution is -0.00545. The van der Waals surface area contributed by atoms with E-state index in [2.05, 4.69) is 44.4 Å². The van der Waals surface area contributed by atoms with E-state index in [9.17, 15) is 4.79 Å². The maximum absolute atomic E-state index is 12.3. The van der Waals surface area contributed by atoms with Gasteiger partial charge < -0.3 is 20.3 Å². The molecular weight excluding hydrogens is 406 g/mol. The number of carbonyl (C=O) groups excluding carboxylic acids is 1. The van der Waals surface area contributed by atoms with Gasteiger partial charge in [-0.15, -0.1) is 0 Å². The van der Waals surface area contributed by atoms with E-state index in [0.717, 1.165) is 41.7 Å². The summed E-state index contributed by atoms with van der Waals surface area (Å²) in [5, 5.41) is 10.1. The molecule has 0 unspecified atom stereocenters. The maximum Gasteiger partial charge on any atom is 0.319 e. The fraction of sp³-hybridized carbons (Fsp3) is 0.391. The number of nitrogens with one attached hydrogen (secondary N) is 2. The number of hydrogen-bond acceptors (Lipinski definition) is 6. The molecule has 2 N–H and O–H groups in total. The molecule has 1 aliphatic heterocycles. The number of rotatable bonds is 5. The third kappa shape index (κ3) is 5.23. The van der Waals surface area contributed by atoms with Crippen LogP contribution >= 0.6 is 0 Å². The van der Waals surface area contributed by atoms with Crippen molar-refractivity contribution in [3.63, 3.8) is 0 Å². The van der Waals surface area contributed by atoms with Crippen LogP contribution in [0.5, 0.6) is 0 Å². The number of aryl methyl sites for hydroxylation is 2. The van der Waals surface area contributed by atoms with Crippen LogP contribution in [-0.2, 0) is 11.3 Å². The molecule has 3 aromatic heterocycles. The Hall–Kier alpha value is -3.46. The van der Waals surface area contributed by atoms with E-state index in [-0.39, 0.29) is 18.2 Å². The number of hydrogen-bond donors (Lipinski definition) is 2. The summed E-state index contributed by atoms with van der Waals surface area (Å²) < 4.78 is 7.57. The zero-order chi connectivity index (χ0) is 22.7. The fourth-order valence-electron chi connectivity index (χ4n) is 3.88. The standard InChI is InChI=1S/C23H29N7O2/c1-15-9-16(2)30(28-15)22-7-5-19(10-24-22)11-26-23(31)27-20-6-8-21(25-12-20)29-13-17(3)32-18(4)14-29/h5-10,12,17-18H,11,13-14H2,1-4H3,(H2,26,27,31)/t17-,18-/m0/s1. The molecule has 4 rings (SSSR count). The van der Waals surface area contributed by atoms with E-state index in [1.165, 1.54) is 0 Å². The van der Waals surface area contributed by atoms with Gasteiger partial charge in [0.1, 0.15) is 5.82 Å². The van der Waals surface area contributed by atoms with Gasteiger partial charge in [0.15, 0.2) is 5.82 Å². The van der Waals surface area contributed by atoms with Crippen molar-refractivity contribution in [3.05, 3.63) is 59.7 Å². The lowest BCUT2D eigenvalue weighted by Gasteiger charge is -2.36. The largest absolute Gasteiger partial charge is 0.372 e. The van der Waals surface area contributed by atoms with Crippen molar-refractivity contribution in [2.24, 2.45) is 0 Å². The number of pyridine rings is 2. The SMILES string of the molecule is Cc1cc(C)n(-c2ccc(CNC(=O)Nc3ccc(N4C[C@H](C)O[C@@H](C)C4)nc3)cn2)n1. The molecule has 32 heavy (non-hydrogen) atoms. The molecule has 168 valence electrons. The highest BCUT2D eigenvalue weighted by molar-refractivity contribution is 5.89. The van der Waals surface area contributed by atoms with E-state index in [1.54, 1.807) is 17.1 Å². The molecule has 9 nitrogen and oxygen atoms in total. The summed E-state index contributed by atoms with van der Waals surface area (Å²) in [4.78, 5) is 23.4. The lowest BCUT2D eigenvalue weighted by Crippen LogP contribution is -2.45. The number of ether oxygens (including phenoxy) is 1. The molecule has 2 atom stereocenters. The Balaban J connectivity index is 1.29. The summed E-state index contributed by atoms with van der Waals surface area (Å²) in [6.45, 7) is 10.0. The third-order valence-corrected chi connectivity index (χ3v) is 5.24. The first-order chi connectivity index (χ1) is 15.4. The van der Waals surface area contributed by atoms with Crippen LogP contribution < -0.4 is 15.5 Å². The van der Waals surface area contributed by atoms with Gasteiger partial charge in [0.25, 0.3) is 0 Å². The number of urea groups is 1. The third-order valence-electron chi connectivity index (χ3n) is 5.24. The van der Waals surface area contributed by atoms with Gasteiger partial charge in [0.05, 0.1) is 29.8 Å². The van der Waals surface area contributed by atoms with Crippen molar-refractivity contribution in [3.8, 4) is 5.82 Å². The molecule has 2 amide bonds. The first kappa shape index (κ1) is 21.8. The number of carbonyl (C=O) groups is 1. The second kappa shape index (κ2) is 9.35.